The van der Waals surface area contributed by atoms with Crippen molar-refractivity contribution in [1.82, 2.24) is 14.8 Å². The number of anilines is 1. The Hall–Kier alpha value is -2.64. The molecule has 6 nitrogen and oxygen atoms in total. The lowest BCUT2D eigenvalue weighted by molar-refractivity contribution is -0.131. The van der Waals surface area contributed by atoms with Gasteiger partial charge in [0.2, 0.25) is 5.91 Å². The minimum absolute atomic E-state index is 0.140. The number of hydrogen-bond donors (Lipinski definition) is 0. The van der Waals surface area contributed by atoms with Gasteiger partial charge in [-0.25, -0.2) is 4.98 Å². The number of benzene rings is 2. The van der Waals surface area contributed by atoms with Crippen LogP contribution in [0.5, 0.6) is 5.75 Å². The number of amides is 1. The monoisotopic (exact) mass is 410 g/mol. The average Bonchev–Trinajstić information content (AvgIpc) is 3.18. The van der Waals surface area contributed by atoms with Gasteiger partial charge in [0, 0.05) is 39.8 Å². The van der Waals surface area contributed by atoms with Crippen LogP contribution in [0.3, 0.4) is 0 Å². The zero-order chi connectivity index (χ0) is 20.2. The molecule has 152 valence electrons. The molecule has 1 aromatic heterocycles. The van der Waals surface area contributed by atoms with Gasteiger partial charge in [0.15, 0.2) is 5.13 Å². The molecule has 7 heteroatoms. The average molecular weight is 411 g/mol. The summed E-state index contributed by atoms with van der Waals surface area (Å²) in [5, 5.41) is 1.08. The number of rotatable bonds is 6. The van der Waals surface area contributed by atoms with Gasteiger partial charge >= 0.3 is 0 Å². The largest absolute Gasteiger partial charge is 0.497 e. The standard InChI is InChI=1S/C22H26N4O2S/c1-24(15-17-6-5-7-18(14-17)28-2)21(27)16-25-10-12-26(13-11-25)22-23-19-8-3-4-9-20(19)29-22/h3-9,14H,10-13,15-16H2,1-2H3. The van der Waals surface area contributed by atoms with Gasteiger partial charge in [0.25, 0.3) is 0 Å². The quantitative estimate of drug-likeness (QED) is 0.625. The van der Waals surface area contributed by atoms with E-state index in [2.05, 4.69) is 28.0 Å². The fraction of sp³-hybridized carbons (Fsp3) is 0.364. The van der Waals surface area contributed by atoms with E-state index >= 15 is 0 Å². The van der Waals surface area contributed by atoms with Crippen LogP contribution in [0, 0.1) is 0 Å². The number of methoxy groups -OCH3 is 1. The zero-order valence-electron chi connectivity index (χ0n) is 16.9. The van der Waals surface area contributed by atoms with Crippen molar-refractivity contribution in [2.45, 2.75) is 6.54 Å². The minimum atomic E-state index is 0.140. The fourth-order valence-electron chi connectivity index (χ4n) is 3.54. The van der Waals surface area contributed by atoms with Crippen LogP contribution in [0.4, 0.5) is 5.13 Å². The summed E-state index contributed by atoms with van der Waals surface area (Å²) in [6.45, 7) is 4.57. The lowest BCUT2D eigenvalue weighted by Crippen LogP contribution is -2.49. The number of aromatic nitrogens is 1. The van der Waals surface area contributed by atoms with Crippen LogP contribution < -0.4 is 9.64 Å². The first-order chi connectivity index (χ1) is 14.1. The van der Waals surface area contributed by atoms with Gasteiger partial charge in [0.1, 0.15) is 5.75 Å². The van der Waals surface area contributed by atoms with Crippen molar-refractivity contribution in [2.24, 2.45) is 0 Å². The summed E-state index contributed by atoms with van der Waals surface area (Å²) in [6, 6.07) is 16.1. The van der Waals surface area contributed by atoms with Gasteiger partial charge in [-0.3, -0.25) is 9.69 Å². The molecular formula is C22H26N4O2S. The minimum Gasteiger partial charge on any atom is -0.497 e. The van der Waals surface area contributed by atoms with Gasteiger partial charge in [0.05, 0.1) is 23.9 Å². The second kappa shape index (κ2) is 8.80. The number of piperazine rings is 1. The van der Waals surface area contributed by atoms with E-state index in [1.165, 1.54) is 4.70 Å². The molecule has 2 heterocycles. The summed E-state index contributed by atoms with van der Waals surface area (Å²) in [5.74, 6) is 0.954. The number of para-hydroxylation sites is 1. The van der Waals surface area contributed by atoms with E-state index in [0.29, 0.717) is 13.1 Å². The maximum absolute atomic E-state index is 12.7. The smallest absolute Gasteiger partial charge is 0.236 e. The van der Waals surface area contributed by atoms with Crippen LogP contribution in [0.2, 0.25) is 0 Å². The van der Waals surface area contributed by atoms with Crippen LogP contribution >= 0.6 is 11.3 Å². The normalized spacial score (nSPS) is 14.9. The predicted molar refractivity (Wildman–Crippen MR) is 118 cm³/mol. The van der Waals surface area contributed by atoms with Crippen molar-refractivity contribution in [3.8, 4) is 5.75 Å². The van der Waals surface area contributed by atoms with Crippen molar-refractivity contribution < 1.29 is 9.53 Å². The van der Waals surface area contributed by atoms with Gasteiger partial charge in [-0.1, -0.05) is 35.6 Å². The van der Waals surface area contributed by atoms with Crippen LogP contribution in [0.1, 0.15) is 5.56 Å². The van der Waals surface area contributed by atoms with E-state index in [4.69, 9.17) is 9.72 Å². The van der Waals surface area contributed by atoms with Crippen molar-refractivity contribution >= 4 is 32.6 Å². The number of thiazole rings is 1. The third-order valence-electron chi connectivity index (χ3n) is 5.26. The molecule has 4 rings (SSSR count). The Morgan fingerprint density at radius 2 is 1.93 bits per heavy atom. The van der Waals surface area contributed by atoms with Crippen molar-refractivity contribution in [2.75, 3.05) is 51.8 Å². The summed E-state index contributed by atoms with van der Waals surface area (Å²) in [6.07, 6.45) is 0. The van der Waals surface area contributed by atoms with Gasteiger partial charge in [-0.15, -0.1) is 0 Å². The van der Waals surface area contributed by atoms with Gasteiger partial charge < -0.3 is 14.5 Å². The molecule has 0 unspecified atom stereocenters. The Kier molecular flexibility index (Phi) is 5.97. The molecule has 0 spiro atoms. The molecule has 1 fully saturated rings. The highest BCUT2D eigenvalue weighted by Gasteiger charge is 2.22. The molecule has 1 amide bonds. The lowest BCUT2D eigenvalue weighted by atomic mass is 10.2. The third kappa shape index (κ3) is 4.68. The van der Waals surface area contributed by atoms with E-state index in [1.807, 2.05) is 37.4 Å². The van der Waals surface area contributed by atoms with Crippen molar-refractivity contribution in [3.63, 3.8) is 0 Å². The summed E-state index contributed by atoms with van der Waals surface area (Å²) in [7, 11) is 3.52. The molecule has 2 aromatic carbocycles. The van der Waals surface area contributed by atoms with E-state index in [0.717, 1.165) is 48.1 Å². The fourth-order valence-corrected chi connectivity index (χ4v) is 4.55. The summed E-state index contributed by atoms with van der Waals surface area (Å²) in [5.41, 5.74) is 2.13. The van der Waals surface area contributed by atoms with E-state index in [-0.39, 0.29) is 5.91 Å². The number of carbonyl (C=O) groups excluding carboxylic acids is 1. The van der Waals surface area contributed by atoms with Gasteiger partial charge in [-0.05, 0) is 29.8 Å². The van der Waals surface area contributed by atoms with Gasteiger partial charge in [-0.2, -0.15) is 0 Å². The first-order valence-electron chi connectivity index (χ1n) is 9.82. The zero-order valence-corrected chi connectivity index (χ0v) is 17.7. The highest BCUT2D eigenvalue weighted by molar-refractivity contribution is 7.22. The molecule has 0 radical (unpaired) electrons. The number of likely N-dealkylation sites (N-methyl/N-ethyl adjacent to an activating group) is 1. The molecular weight excluding hydrogens is 384 g/mol. The van der Waals surface area contributed by atoms with E-state index in [1.54, 1.807) is 23.3 Å². The topological polar surface area (TPSA) is 48.9 Å². The number of carbonyl (C=O) groups is 1. The Morgan fingerprint density at radius 3 is 2.69 bits per heavy atom. The summed E-state index contributed by atoms with van der Waals surface area (Å²) >= 11 is 1.74. The van der Waals surface area contributed by atoms with E-state index in [9.17, 15) is 4.79 Å². The third-order valence-corrected chi connectivity index (χ3v) is 6.36. The molecule has 1 aliphatic heterocycles. The Morgan fingerprint density at radius 1 is 1.14 bits per heavy atom. The molecule has 0 N–H and O–H groups in total. The van der Waals surface area contributed by atoms with E-state index < -0.39 is 0 Å². The molecule has 0 aliphatic carbocycles. The number of nitrogens with zero attached hydrogens (tertiary/aromatic N) is 4. The molecule has 29 heavy (non-hydrogen) atoms. The lowest BCUT2D eigenvalue weighted by Gasteiger charge is -2.34. The second-order valence-electron chi connectivity index (χ2n) is 7.33. The molecule has 0 atom stereocenters. The Labute approximate surface area is 175 Å². The Bertz CT molecular complexity index is 949. The van der Waals surface area contributed by atoms with Crippen LogP contribution in [0.25, 0.3) is 10.2 Å². The molecule has 3 aromatic rings. The molecule has 0 saturated carbocycles. The maximum atomic E-state index is 12.7. The summed E-state index contributed by atoms with van der Waals surface area (Å²) < 4.78 is 6.49. The maximum Gasteiger partial charge on any atom is 0.236 e. The van der Waals surface area contributed by atoms with Crippen molar-refractivity contribution in [1.29, 1.82) is 0 Å². The molecule has 1 aliphatic rings. The summed E-state index contributed by atoms with van der Waals surface area (Å²) in [4.78, 5) is 23.8. The highest BCUT2D eigenvalue weighted by Crippen LogP contribution is 2.29. The number of ether oxygens (including phenoxy) is 1. The number of fused-ring (bicyclic) bond motifs is 1. The first kappa shape index (κ1) is 19.7. The number of hydrogen-bond acceptors (Lipinski definition) is 6. The highest BCUT2D eigenvalue weighted by atomic mass is 32.1. The molecule has 1 saturated heterocycles. The molecule has 0 bridgehead atoms. The van der Waals surface area contributed by atoms with Crippen LogP contribution in [-0.2, 0) is 11.3 Å². The second-order valence-corrected chi connectivity index (χ2v) is 8.34. The van der Waals surface area contributed by atoms with Crippen molar-refractivity contribution in [3.05, 3.63) is 54.1 Å². The predicted octanol–water partition coefficient (Wildman–Crippen LogP) is 3.09. The SMILES string of the molecule is COc1cccc(CN(C)C(=O)CN2CCN(c3nc4ccccc4s3)CC2)c1. The van der Waals surface area contributed by atoms with Crippen LogP contribution in [0.15, 0.2) is 48.5 Å². The first-order valence-corrected chi connectivity index (χ1v) is 10.6. The van der Waals surface area contributed by atoms with Crippen LogP contribution in [-0.4, -0.2) is 67.6 Å². The Balaban J connectivity index is 1.28.